The Morgan fingerprint density at radius 3 is 2.66 bits per heavy atom. The molecule has 5 rings (SSSR count). The van der Waals surface area contributed by atoms with Crippen LogP contribution in [0.25, 0.3) is 0 Å². The second kappa shape index (κ2) is 11.5. The number of nitrogens with zero attached hydrogens (tertiary/aromatic N) is 3. The van der Waals surface area contributed by atoms with Crippen molar-refractivity contribution < 1.29 is 23.5 Å². The van der Waals surface area contributed by atoms with Gasteiger partial charge in [-0.2, -0.15) is 9.37 Å². The van der Waals surface area contributed by atoms with E-state index in [1.807, 2.05) is 36.1 Å². The summed E-state index contributed by atoms with van der Waals surface area (Å²) in [6, 6.07) is 7.64. The Bertz CT molecular complexity index is 1140. The number of carbonyl (C=O) groups is 2. The summed E-state index contributed by atoms with van der Waals surface area (Å²) < 4.78 is 26.7. The Kier molecular flexibility index (Phi) is 7.95. The van der Waals surface area contributed by atoms with Crippen LogP contribution in [0.1, 0.15) is 64.0 Å². The van der Waals surface area contributed by atoms with Crippen LogP contribution in [0.5, 0.6) is 11.6 Å². The summed E-state index contributed by atoms with van der Waals surface area (Å²) in [5.41, 5.74) is 0.983. The van der Waals surface area contributed by atoms with E-state index >= 15 is 0 Å². The number of carbonyl (C=O) groups excluding carboxylic acids is 2. The molecule has 2 aliphatic carbocycles. The minimum atomic E-state index is -0.516. The second-order valence-corrected chi connectivity index (χ2v) is 10.8. The first-order chi connectivity index (χ1) is 18.4. The standard InChI is InChI=1S/C28H36FN5O4/c1-17(32-27(36)21-5-8-22(13-21)33-18(2)35)20-6-9-23(10-7-20)38-24-11-12-34(14-24)26-25(29)28(31-16-30-26)37-15-19-3-4-19/h6-7,9-10,16-17,19,21-22,24H,3-5,8,11-15H2,1-2H3,(H,32,36)(H,33,35)/t17-,21-,22+,24+/m0/s1. The van der Waals surface area contributed by atoms with Gasteiger partial charge in [0.15, 0.2) is 5.82 Å². The predicted molar refractivity (Wildman–Crippen MR) is 139 cm³/mol. The van der Waals surface area contributed by atoms with E-state index in [4.69, 9.17) is 9.47 Å². The van der Waals surface area contributed by atoms with E-state index in [1.54, 1.807) is 0 Å². The number of nitrogens with one attached hydrogen (secondary N) is 2. The maximum Gasteiger partial charge on any atom is 0.255 e. The topological polar surface area (TPSA) is 106 Å². The lowest BCUT2D eigenvalue weighted by molar-refractivity contribution is -0.126. The fourth-order valence-corrected chi connectivity index (χ4v) is 5.24. The maximum atomic E-state index is 14.9. The zero-order valence-corrected chi connectivity index (χ0v) is 22.0. The van der Waals surface area contributed by atoms with Crippen molar-refractivity contribution in [3.05, 3.63) is 42.0 Å². The maximum absolute atomic E-state index is 14.9. The van der Waals surface area contributed by atoms with Crippen LogP contribution >= 0.6 is 0 Å². The van der Waals surface area contributed by atoms with Gasteiger partial charge in [-0.1, -0.05) is 12.1 Å². The van der Waals surface area contributed by atoms with Crippen LogP contribution in [0.3, 0.4) is 0 Å². The van der Waals surface area contributed by atoms with Crippen molar-refractivity contribution in [3.8, 4) is 11.6 Å². The first kappa shape index (κ1) is 26.2. The highest BCUT2D eigenvalue weighted by atomic mass is 19.1. The number of ether oxygens (including phenoxy) is 2. The molecule has 3 aliphatic rings. The zero-order chi connectivity index (χ0) is 26.6. The van der Waals surface area contributed by atoms with Crippen LogP contribution in [-0.2, 0) is 9.59 Å². The summed E-state index contributed by atoms with van der Waals surface area (Å²) in [6.07, 6.45) is 6.54. The monoisotopic (exact) mass is 525 g/mol. The molecule has 2 saturated carbocycles. The molecule has 0 bridgehead atoms. The van der Waals surface area contributed by atoms with Crippen LogP contribution in [0.15, 0.2) is 30.6 Å². The fourth-order valence-electron chi connectivity index (χ4n) is 5.24. The van der Waals surface area contributed by atoms with Gasteiger partial charge >= 0.3 is 0 Å². The average molecular weight is 526 g/mol. The molecule has 0 spiro atoms. The van der Waals surface area contributed by atoms with E-state index in [1.165, 1.54) is 13.3 Å². The van der Waals surface area contributed by atoms with Gasteiger partial charge in [0, 0.05) is 31.8 Å². The van der Waals surface area contributed by atoms with Gasteiger partial charge in [-0.3, -0.25) is 9.59 Å². The molecular formula is C28H36FN5O4. The molecule has 3 fully saturated rings. The molecule has 0 radical (unpaired) electrons. The number of amides is 2. The number of rotatable bonds is 10. The Hall–Kier alpha value is -3.43. The van der Waals surface area contributed by atoms with Crippen LogP contribution in [0, 0.1) is 17.7 Å². The lowest BCUT2D eigenvalue weighted by atomic mass is 10.0. The van der Waals surface area contributed by atoms with Gasteiger partial charge in [0.25, 0.3) is 5.88 Å². The van der Waals surface area contributed by atoms with Gasteiger partial charge in [-0.25, -0.2) is 4.98 Å². The largest absolute Gasteiger partial charge is 0.489 e. The predicted octanol–water partition coefficient (Wildman–Crippen LogP) is 3.54. The molecule has 0 unspecified atom stereocenters. The van der Waals surface area contributed by atoms with Crippen LogP contribution in [0.2, 0.25) is 0 Å². The highest BCUT2D eigenvalue weighted by Gasteiger charge is 2.32. The third-order valence-electron chi connectivity index (χ3n) is 7.59. The van der Waals surface area contributed by atoms with E-state index in [9.17, 15) is 14.0 Å². The lowest BCUT2D eigenvalue weighted by Gasteiger charge is -2.20. The van der Waals surface area contributed by atoms with Crippen LogP contribution < -0.4 is 25.0 Å². The third kappa shape index (κ3) is 6.52. The number of benzene rings is 1. The van der Waals surface area contributed by atoms with Crippen molar-refractivity contribution in [2.24, 2.45) is 11.8 Å². The summed E-state index contributed by atoms with van der Waals surface area (Å²) in [7, 11) is 0. The Morgan fingerprint density at radius 2 is 1.92 bits per heavy atom. The van der Waals surface area contributed by atoms with Gasteiger partial charge in [-0.15, -0.1) is 0 Å². The average Bonchev–Trinajstić information content (AvgIpc) is 3.41. The molecule has 2 N–H and O–H groups in total. The molecule has 1 aliphatic heterocycles. The molecule has 2 aromatic rings. The Labute approximate surface area is 222 Å². The molecule has 4 atom stereocenters. The molecule has 9 nitrogen and oxygen atoms in total. The molecule has 10 heteroatoms. The number of anilines is 1. The van der Waals surface area contributed by atoms with Gasteiger partial charge in [0.05, 0.1) is 19.2 Å². The summed E-state index contributed by atoms with van der Waals surface area (Å²) in [5.74, 6) is 0.881. The highest BCUT2D eigenvalue weighted by Crippen LogP contribution is 2.32. The number of hydrogen-bond acceptors (Lipinski definition) is 7. The van der Waals surface area contributed by atoms with E-state index < -0.39 is 5.82 Å². The Balaban J connectivity index is 1.10. The lowest BCUT2D eigenvalue weighted by Crippen LogP contribution is -2.34. The number of hydrogen-bond donors (Lipinski definition) is 2. The van der Waals surface area contributed by atoms with E-state index in [-0.39, 0.29) is 47.6 Å². The summed E-state index contributed by atoms with van der Waals surface area (Å²) in [4.78, 5) is 34.0. The molecule has 38 heavy (non-hydrogen) atoms. The quantitative estimate of drug-likeness (QED) is 0.489. The number of aromatic nitrogens is 2. The molecule has 1 aromatic heterocycles. The van der Waals surface area contributed by atoms with Crippen molar-refractivity contribution >= 4 is 17.6 Å². The van der Waals surface area contributed by atoms with Crippen molar-refractivity contribution in [2.45, 2.75) is 70.6 Å². The van der Waals surface area contributed by atoms with Crippen molar-refractivity contribution in [2.75, 3.05) is 24.6 Å². The van der Waals surface area contributed by atoms with E-state index in [2.05, 4.69) is 20.6 Å². The third-order valence-corrected chi connectivity index (χ3v) is 7.59. The van der Waals surface area contributed by atoms with E-state index in [0.29, 0.717) is 32.0 Å². The highest BCUT2D eigenvalue weighted by molar-refractivity contribution is 5.80. The molecule has 1 saturated heterocycles. The molecule has 2 amide bonds. The Morgan fingerprint density at radius 1 is 1.13 bits per heavy atom. The van der Waals surface area contributed by atoms with Gasteiger partial charge in [0.1, 0.15) is 18.2 Å². The molecule has 1 aromatic carbocycles. The van der Waals surface area contributed by atoms with Gasteiger partial charge < -0.3 is 25.0 Å². The zero-order valence-electron chi connectivity index (χ0n) is 22.0. The van der Waals surface area contributed by atoms with Gasteiger partial charge in [0.2, 0.25) is 17.6 Å². The van der Waals surface area contributed by atoms with E-state index in [0.717, 1.165) is 43.4 Å². The normalized spacial score (nSPS) is 23.7. The minimum absolute atomic E-state index is 0.0172. The summed E-state index contributed by atoms with van der Waals surface area (Å²) >= 11 is 0. The SMILES string of the molecule is CC(=O)N[C@@H]1CC[C@H](C(=O)N[C@@H](C)c2ccc(O[C@@H]3CCN(c4ncnc(OCC5CC5)c4F)C3)cc2)C1. The summed E-state index contributed by atoms with van der Waals surface area (Å²) in [6.45, 7) is 5.11. The fraction of sp³-hybridized carbons (Fsp3) is 0.571. The molecule has 204 valence electrons. The van der Waals surface area contributed by atoms with Crippen molar-refractivity contribution in [1.29, 1.82) is 0 Å². The minimum Gasteiger partial charge on any atom is -0.489 e. The molecular weight excluding hydrogens is 489 g/mol. The summed E-state index contributed by atoms with van der Waals surface area (Å²) in [5, 5.41) is 6.01. The molecule has 2 heterocycles. The van der Waals surface area contributed by atoms with Gasteiger partial charge in [-0.05, 0) is 62.6 Å². The first-order valence-corrected chi connectivity index (χ1v) is 13.6. The smallest absolute Gasteiger partial charge is 0.255 e. The van der Waals surface area contributed by atoms with Crippen molar-refractivity contribution in [1.82, 2.24) is 20.6 Å². The number of halogens is 1. The first-order valence-electron chi connectivity index (χ1n) is 13.6. The second-order valence-electron chi connectivity index (χ2n) is 10.8. The van der Waals surface area contributed by atoms with Crippen LogP contribution in [0.4, 0.5) is 10.2 Å². The van der Waals surface area contributed by atoms with Crippen LogP contribution in [-0.4, -0.2) is 53.6 Å². The van der Waals surface area contributed by atoms with Crippen molar-refractivity contribution in [3.63, 3.8) is 0 Å².